The number of carbonyl (C=O) groups excluding carboxylic acids is 1. The van der Waals surface area contributed by atoms with Crippen LogP contribution in [-0.2, 0) is 4.79 Å². The van der Waals surface area contributed by atoms with Crippen molar-refractivity contribution in [1.29, 1.82) is 0 Å². The predicted octanol–water partition coefficient (Wildman–Crippen LogP) is 1.58. The molecule has 1 aromatic heterocycles. The second kappa shape index (κ2) is 3.91. The highest BCUT2D eigenvalue weighted by Gasteiger charge is 2.04. The fourth-order valence-corrected chi connectivity index (χ4v) is 1.31. The summed E-state index contributed by atoms with van der Waals surface area (Å²) in [5.74, 6) is -0.400. The number of nitrogens with one attached hydrogen (secondary N) is 1. The summed E-state index contributed by atoms with van der Waals surface area (Å²) in [5.41, 5.74) is 1.07. The number of nitrogens with zero attached hydrogens (tertiary/aromatic N) is 2. The first-order valence-corrected chi connectivity index (χ1v) is 4.29. The van der Waals surface area contributed by atoms with E-state index in [1.54, 1.807) is 29.4 Å². The molecule has 2 rings (SSSR count). The highest BCUT2D eigenvalue weighted by Crippen LogP contribution is 2.20. The van der Waals surface area contributed by atoms with E-state index in [9.17, 15) is 9.18 Å². The number of imidazole rings is 1. The molecule has 4 nitrogen and oxygen atoms in total. The van der Waals surface area contributed by atoms with E-state index in [0.717, 1.165) is 0 Å². The molecule has 15 heavy (non-hydrogen) atoms. The summed E-state index contributed by atoms with van der Waals surface area (Å²) in [6.07, 6.45) is 5.40. The molecule has 0 radical (unpaired) electrons. The topological polar surface area (TPSA) is 46.9 Å². The Morgan fingerprint density at radius 1 is 1.47 bits per heavy atom. The van der Waals surface area contributed by atoms with Crippen molar-refractivity contribution in [3.05, 3.63) is 42.7 Å². The van der Waals surface area contributed by atoms with E-state index in [1.807, 2.05) is 0 Å². The Morgan fingerprint density at radius 2 is 2.33 bits per heavy atom. The van der Waals surface area contributed by atoms with Gasteiger partial charge in [0.05, 0.1) is 17.7 Å². The highest BCUT2D eigenvalue weighted by atomic mass is 19.1. The van der Waals surface area contributed by atoms with Crippen molar-refractivity contribution in [2.24, 2.45) is 0 Å². The van der Waals surface area contributed by atoms with Crippen LogP contribution in [0.2, 0.25) is 0 Å². The number of benzene rings is 1. The van der Waals surface area contributed by atoms with Crippen LogP contribution in [-0.4, -0.2) is 16.0 Å². The van der Waals surface area contributed by atoms with Gasteiger partial charge in [-0.3, -0.25) is 4.79 Å². The Kier molecular flexibility index (Phi) is 2.45. The van der Waals surface area contributed by atoms with Crippen LogP contribution in [0.4, 0.5) is 10.1 Å². The lowest BCUT2D eigenvalue weighted by Gasteiger charge is -2.08. The van der Waals surface area contributed by atoms with Crippen LogP contribution in [0.15, 0.2) is 36.9 Å². The number of aromatic nitrogens is 2. The Morgan fingerprint density at radius 3 is 3.00 bits per heavy atom. The van der Waals surface area contributed by atoms with Gasteiger partial charge in [0.1, 0.15) is 5.82 Å². The molecule has 0 bridgehead atoms. The molecule has 1 aromatic carbocycles. The van der Waals surface area contributed by atoms with Crippen LogP contribution in [0.5, 0.6) is 0 Å². The molecule has 0 fully saturated rings. The minimum atomic E-state index is -0.400. The minimum absolute atomic E-state index is 0.400. The zero-order valence-corrected chi connectivity index (χ0v) is 7.72. The molecule has 0 atom stereocenters. The van der Waals surface area contributed by atoms with Gasteiger partial charge in [0.25, 0.3) is 0 Å². The van der Waals surface area contributed by atoms with E-state index in [0.29, 0.717) is 17.8 Å². The molecule has 0 aliphatic rings. The zero-order chi connectivity index (χ0) is 10.7. The summed E-state index contributed by atoms with van der Waals surface area (Å²) in [6, 6.07) is 4.15. The fourth-order valence-electron chi connectivity index (χ4n) is 1.31. The quantitative estimate of drug-likeness (QED) is 0.773. The summed E-state index contributed by atoms with van der Waals surface area (Å²) in [6.45, 7) is 0. The second-order valence-electron chi connectivity index (χ2n) is 2.89. The van der Waals surface area contributed by atoms with E-state index in [2.05, 4.69) is 10.3 Å². The Balaban J connectivity index is 2.50. The number of hydrogen-bond donors (Lipinski definition) is 1. The van der Waals surface area contributed by atoms with Gasteiger partial charge in [-0.25, -0.2) is 9.37 Å². The van der Waals surface area contributed by atoms with Crippen molar-refractivity contribution >= 4 is 12.1 Å². The number of carbonyl (C=O) groups is 1. The molecular weight excluding hydrogens is 197 g/mol. The van der Waals surface area contributed by atoms with Gasteiger partial charge < -0.3 is 9.88 Å². The van der Waals surface area contributed by atoms with E-state index in [4.69, 9.17) is 0 Å². The standard InChI is InChI=1S/C10H8FN3O/c11-8-1-2-10(9(5-8)13-7-15)14-4-3-12-6-14/h1-7H,(H,13,15). The lowest BCUT2D eigenvalue weighted by atomic mass is 10.2. The average Bonchev–Trinajstić information content (AvgIpc) is 2.71. The molecule has 0 unspecified atom stereocenters. The lowest BCUT2D eigenvalue weighted by molar-refractivity contribution is -0.105. The fraction of sp³-hybridized carbons (Fsp3) is 0. The third-order valence-electron chi connectivity index (χ3n) is 1.96. The minimum Gasteiger partial charge on any atom is -0.327 e. The third-order valence-corrected chi connectivity index (χ3v) is 1.96. The molecule has 5 heteroatoms. The van der Waals surface area contributed by atoms with E-state index in [1.165, 1.54) is 12.1 Å². The SMILES string of the molecule is O=CNc1cc(F)ccc1-n1ccnc1. The number of anilines is 1. The first kappa shape index (κ1) is 9.39. The second-order valence-corrected chi connectivity index (χ2v) is 2.89. The monoisotopic (exact) mass is 205 g/mol. The van der Waals surface area contributed by atoms with Gasteiger partial charge in [-0.05, 0) is 18.2 Å². The van der Waals surface area contributed by atoms with Crippen molar-refractivity contribution < 1.29 is 9.18 Å². The molecule has 1 N–H and O–H groups in total. The highest BCUT2D eigenvalue weighted by molar-refractivity contribution is 5.77. The first-order valence-electron chi connectivity index (χ1n) is 4.29. The van der Waals surface area contributed by atoms with Crippen molar-refractivity contribution in [2.45, 2.75) is 0 Å². The number of rotatable bonds is 3. The molecule has 2 aromatic rings. The van der Waals surface area contributed by atoms with Crippen LogP contribution in [0, 0.1) is 5.82 Å². The van der Waals surface area contributed by atoms with Gasteiger partial charge >= 0.3 is 0 Å². The number of hydrogen-bond acceptors (Lipinski definition) is 2. The maximum absolute atomic E-state index is 12.9. The van der Waals surface area contributed by atoms with Crippen molar-refractivity contribution in [3.63, 3.8) is 0 Å². The van der Waals surface area contributed by atoms with Gasteiger partial charge in [-0.1, -0.05) is 0 Å². The number of halogens is 1. The lowest BCUT2D eigenvalue weighted by Crippen LogP contribution is -2.01. The first-order chi connectivity index (χ1) is 7.31. The molecule has 0 aliphatic carbocycles. The van der Waals surface area contributed by atoms with E-state index < -0.39 is 5.82 Å². The smallest absolute Gasteiger partial charge is 0.211 e. The maximum Gasteiger partial charge on any atom is 0.211 e. The van der Waals surface area contributed by atoms with Crippen molar-refractivity contribution in [2.75, 3.05) is 5.32 Å². The molecule has 1 amide bonds. The molecule has 76 valence electrons. The Hall–Kier alpha value is -2.17. The van der Waals surface area contributed by atoms with Crippen LogP contribution < -0.4 is 5.32 Å². The molecule has 1 heterocycles. The van der Waals surface area contributed by atoms with Gasteiger partial charge in [0, 0.05) is 12.4 Å². The zero-order valence-electron chi connectivity index (χ0n) is 7.72. The normalized spacial score (nSPS) is 9.93. The van der Waals surface area contributed by atoms with Crippen LogP contribution in [0.25, 0.3) is 5.69 Å². The summed E-state index contributed by atoms with van der Waals surface area (Å²) in [7, 11) is 0. The van der Waals surface area contributed by atoms with Gasteiger partial charge in [-0.2, -0.15) is 0 Å². The maximum atomic E-state index is 12.9. The molecular formula is C10H8FN3O. The molecule has 0 saturated carbocycles. The van der Waals surface area contributed by atoms with Gasteiger partial charge in [0.2, 0.25) is 6.41 Å². The van der Waals surface area contributed by atoms with Crippen molar-refractivity contribution in [1.82, 2.24) is 9.55 Å². The average molecular weight is 205 g/mol. The Bertz CT molecular complexity index is 468. The van der Waals surface area contributed by atoms with Crippen LogP contribution in [0.1, 0.15) is 0 Å². The van der Waals surface area contributed by atoms with E-state index >= 15 is 0 Å². The van der Waals surface area contributed by atoms with Crippen molar-refractivity contribution in [3.8, 4) is 5.69 Å². The summed E-state index contributed by atoms with van der Waals surface area (Å²) < 4.78 is 14.6. The molecule has 0 spiro atoms. The van der Waals surface area contributed by atoms with Crippen LogP contribution >= 0.6 is 0 Å². The summed E-state index contributed by atoms with van der Waals surface area (Å²) >= 11 is 0. The van der Waals surface area contributed by atoms with E-state index in [-0.39, 0.29) is 0 Å². The number of amides is 1. The predicted molar refractivity (Wildman–Crippen MR) is 53.2 cm³/mol. The van der Waals surface area contributed by atoms with Gasteiger partial charge in [-0.15, -0.1) is 0 Å². The van der Waals surface area contributed by atoms with Gasteiger partial charge in [0.15, 0.2) is 0 Å². The summed E-state index contributed by atoms with van der Waals surface area (Å²) in [4.78, 5) is 14.2. The third kappa shape index (κ3) is 1.85. The summed E-state index contributed by atoms with van der Waals surface area (Å²) in [5, 5.41) is 2.44. The largest absolute Gasteiger partial charge is 0.327 e. The Labute approximate surface area is 85.4 Å². The molecule has 0 saturated heterocycles. The van der Waals surface area contributed by atoms with Crippen LogP contribution in [0.3, 0.4) is 0 Å². The molecule has 0 aliphatic heterocycles.